The SMILES string of the molecule is O=C(O)C1(CCCCc2ccccc2)CC2CCC1C2. The summed E-state index contributed by atoms with van der Waals surface area (Å²) in [5.41, 5.74) is 0.990. The molecular formula is C18H24O2. The quantitative estimate of drug-likeness (QED) is 0.784. The maximum absolute atomic E-state index is 11.8. The molecule has 3 atom stereocenters. The molecule has 0 aliphatic heterocycles. The molecule has 2 aliphatic rings. The monoisotopic (exact) mass is 272 g/mol. The van der Waals surface area contributed by atoms with E-state index in [1.165, 1.54) is 18.4 Å². The number of hydrogen-bond donors (Lipinski definition) is 1. The third-order valence-corrected chi connectivity index (χ3v) is 5.58. The van der Waals surface area contributed by atoms with Gasteiger partial charge >= 0.3 is 5.97 Å². The molecule has 0 heterocycles. The highest BCUT2D eigenvalue weighted by molar-refractivity contribution is 5.75. The Labute approximate surface area is 121 Å². The van der Waals surface area contributed by atoms with Gasteiger partial charge in [0.2, 0.25) is 0 Å². The highest BCUT2D eigenvalue weighted by Gasteiger charge is 2.55. The molecule has 0 spiro atoms. The van der Waals surface area contributed by atoms with Gasteiger partial charge in [-0.25, -0.2) is 0 Å². The lowest BCUT2D eigenvalue weighted by Gasteiger charge is -2.33. The number of rotatable bonds is 6. The molecule has 3 rings (SSSR count). The predicted octanol–water partition coefficient (Wildman–Crippen LogP) is 4.29. The van der Waals surface area contributed by atoms with Crippen molar-refractivity contribution in [2.75, 3.05) is 0 Å². The lowest BCUT2D eigenvalue weighted by atomic mass is 9.70. The largest absolute Gasteiger partial charge is 0.481 e. The van der Waals surface area contributed by atoms with E-state index in [1.807, 2.05) is 6.07 Å². The highest BCUT2D eigenvalue weighted by atomic mass is 16.4. The van der Waals surface area contributed by atoms with Gasteiger partial charge in [0.1, 0.15) is 0 Å². The molecule has 0 radical (unpaired) electrons. The van der Waals surface area contributed by atoms with Gasteiger partial charge in [-0.05, 0) is 55.9 Å². The molecule has 1 N–H and O–H groups in total. The van der Waals surface area contributed by atoms with Gasteiger partial charge in [-0.15, -0.1) is 0 Å². The second kappa shape index (κ2) is 5.59. The molecule has 20 heavy (non-hydrogen) atoms. The minimum atomic E-state index is -0.524. The van der Waals surface area contributed by atoms with Crippen molar-refractivity contribution in [1.29, 1.82) is 0 Å². The van der Waals surface area contributed by atoms with E-state index in [0.717, 1.165) is 38.5 Å². The first-order chi connectivity index (χ1) is 9.71. The number of aliphatic carboxylic acids is 1. The zero-order valence-electron chi connectivity index (χ0n) is 12.1. The first-order valence-corrected chi connectivity index (χ1v) is 7.98. The summed E-state index contributed by atoms with van der Waals surface area (Å²) in [7, 11) is 0. The van der Waals surface area contributed by atoms with E-state index in [-0.39, 0.29) is 5.41 Å². The van der Waals surface area contributed by atoms with Gasteiger partial charge in [-0.2, -0.15) is 0 Å². The Balaban J connectivity index is 1.53. The Morgan fingerprint density at radius 2 is 2.00 bits per heavy atom. The fourth-order valence-electron chi connectivity index (χ4n) is 4.53. The maximum atomic E-state index is 11.8. The zero-order chi connectivity index (χ0) is 14.0. The van der Waals surface area contributed by atoms with Gasteiger partial charge in [-0.1, -0.05) is 43.2 Å². The van der Waals surface area contributed by atoms with E-state index in [2.05, 4.69) is 24.3 Å². The van der Waals surface area contributed by atoms with Crippen LogP contribution in [0, 0.1) is 17.3 Å². The lowest BCUT2D eigenvalue weighted by molar-refractivity contribution is -0.153. The second-order valence-corrected chi connectivity index (χ2v) is 6.73. The molecule has 0 amide bonds. The molecule has 2 fully saturated rings. The Morgan fingerprint density at radius 1 is 1.20 bits per heavy atom. The topological polar surface area (TPSA) is 37.3 Å². The van der Waals surface area contributed by atoms with Crippen molar-refractivity contribution in [2.24, 2.45) is 17.3 Å². The number of unbranched alkanes of at least 4 members (excludes halogenated alkanes) is 1. The summed E-state index contributed by atoms with van der Waals surface area (Å²) in [6.07, 6.45) is 8.64. The number of aryl methyl sites for hydroxylation is 1. The third-order valence-electron chi connectivity index (χ3n) is 5.58. The number of benzene rings is 1. The normalized spacial score (nSPS) is 31.6. The number of carbonyl (C=O) groups is 1. The van der Waals surface area contributed by atoms with Crippen LogP contribution in [0.5, 0.6) is 0 Å². The lowest BCUT2D eigenvalue weighted by Crippen LogP contribution is -2.36. The molecule has 2 heteroatoms. The Kier molecular flexibility index (Phi) is 3.82. The standard InChI is InChI=1S/C18H24O2/c19-17(20)18(13-15-9-10-16(18)12-15)11-5-4-8-14-6-2-1-3-7-14/h1-3,6-7,15-16H,4-5,8-13H2,(H,19,20). The van der Waals surface area contributed by atoms with E-state index in [1.54, 1.807) is 0 Å². The van der Waals surface area contributed by atoms with E-state index < -0.39 is 5.97 Å². The molecule has 2 saturated carbocycles. The molecule has 1 aromatic rings. The van der Waals surface area contributed by atoms with Crippen LogP contribution in [0.25, 0.3) is 0 Å². The summed E-state index contributed by atoms with van der Waals surface area (Å²) in [5, 5.41) is 9.70. The third kappa shape index (κ3) is 2.48. The smallest absolute Gasteiger partial charge is 0.309 e. The number of carboxylic acid groups (broad SMARTS) is 1. The van der Waals surface area contributed by atoms with Gasteiger partial charge in [0.25, 0.3) is 0 Å². The van der Waals surface area contributed by atoms with E-state index in [4.69, 9.17) is 0 Å². The first kappa shape index (κ1) is 13.7. The van der Waals surface area contributed by atoms with Crippen LogP contribution in [-0.4, -0.2) is 11.1 Å². The fourth-order valence-corrected chi connectivity index (χ4v) is 4.53. The van der Waals surface area contributed by atoms with Crippen molar-refractivity contribution in [1.82, 2.24) is 0 Å². The van der Waals surface area contributed by atoms with Crippen molar-refractivity contribution in [3.63, 3.8) is 0 Å². The van der Waals surface area contributed by atoms with Crippen LogP contribution in [0.4, 0.5) is 0 Å². The Bertz CT molecular complexity index is 468. The van der Waals surface area contributed by atoms with Gasteiger partial charge < -0.3 is 5.11 Å². The Morgan fingerprint density at radius 3 is 2.60 bits per heavy atom. The molecule has 0 saturated heterocycles. The molecule has 3 unspecified atom stereocenters. The minimum Gasteiger partial charge on any atom is -0.481 e. The molecule has 1 aromatic carbocycles. The molecule has 0 aromatic heterocycles. The van der Waals surface area contributed by atoms with Gasteiger partial charge in [-0.3, -0.25) is 4.79 Å². The summed E-state index contributed by atoms with van der Waals surface area (Å²) in [4.78, 5) is 11.8. The van der Waals surface area contributed by atoms with Gasteiger partial charge in [0.15, 0.2) is 0 Å². The van der Waals surface area contributed by atoms with E-state index >= 15 is 0 Å². The summed E-state index contributed by atoms with van der Waals surface area (Å²) in [6.45, 7) is 0. The summed E-state index contributed by atoms with van der Waals surface area (Å²) in [5.74, 6) is 0.636. The molecule has 108 valence electrons. The van der Waals surface area contributed by atoms with Crippen LogP contribution in [0.1, 0.15) is 50.5 Å². The number of hydrogen-bond acceptors (Lipinski definition) is 1. The van der Waals surface area contributed by atoms with Crippen LogP contribution in [0.15, 0.2) is 30.3 Å². The van der Waals surface area contributed by atoms with Crippen molar-refractivity contribution in [3.8, 4) is 0 Å². The predicted molar refractivity (Wildman–Crippen MR) is 79.5 cm³/mol. The molecule has 2 aliphatic carbocycles. The van der Waals surface area contributed by atoms with Crippen LogP contribution >= 0.6 is 0 Å². The average Bonchev–Trinajstić information content (AvgIpc) is 3.06. The van der Waals surface area contributed by atoms with Crippen molar-refractivity contribution in [2.45, 2.75) is 51.4 Å². The van der Waals surface area contributed by atoms with Crippen LogP contribution < -0.4 is 0 Å². The first-order valence-electron chi connectivity index (χ1n) is 7.98. The molecular weight excluding hydrogens is 248 g/mol. The Hall–Kier alpha value is -1.31. The maximum Gasteiger partial charge on any atom is 0.309 e. The van der Waals surface area contributed by atoms with Crippen LogP contribution in [0.2, 0.25) is 0 Å². The zero-order valence-corrected chi connectivity index (χ0v) is 12.1. The summed E-state index contributed by atoms with van der Waals surface area (Å²) in [6, 6.07) is 10.5. The molecule has 2 nitrogen and oxygen atoms in total. The average molecular weight is 272 g/mol. The minimum absolute atomic E-state index is 0.375. The second-order valence-electron chi connectivity index (χ2n) is 6.73. The van der Waals surface area contributed by atoms with E-state index in [0.29, 0.717) is 11.8 Å². The van der Waals surface area contributed by atoms with Crippen molar-refractivity contribution < 1.29 is 9.90 Å². The molecule has 2 bridgehead atoms. The number of fused-ring (bicyclic) bond motifs is 2. The van der Waals surface area contributed by atoms with Gasteiger partial charge in [0.05, 0.1) is 5.41 Å². The highest BCUT2D eigenvalue weighted by Crippen LogP contribution is 2.58. The van der Waals surface area contributed by atoms with Crippen LogP contribution in [-0.2, 0) is 11.2 Å². The van der Waals surface area contributed by atoms with Crippen LogP contribution in [0.3, 0.4) is 0 Å². The summed E-state index contributed by atoms with van der Waals surface area (Å²) >= 11 is 0. The summed E-state index contributed by atoms with van der Waals surface area (Å²) < 4.78 is 0. The van der Waals surface area contributed by atoms with Crippen molar-refractivity contribution in [3.05, 3.63) is 35.9 Å². The fraction of sp³-hybridized carbons (Fsp3) is 0.611. The van der Waals surface area contributed by atoms with E-state index in [9.17, 15) is 9.90 Å². The van der Waals surface area contributed by atoms with Crippen molar-refractivity contribution >= 4 is 5.97 Å². The van der Waals surface area contributed by atoms with Gasteiger partial charge in [0, 0.05) is 0 Å². The number of carboxylic acids is 1.